The summed E-state index contributed by atoms with van der Waals surface area (Å²) in [7, 11) is 1.52. The number of imide groups is 1. The maximum Gasteiger partial charge on any atom is 0.356 e. The number of rotatable bonds is 4. The fourth-order valence-corrected chi connectivity index (χ4v) is 4.06. The van der Waals surface area contributed by atoms with Gasteiger partial charge >= 0.3 is 12.0 Å². The fraction of sp³-hybridized carbons (Fsp3) is 0.350. The Morgan fingerprint density at radius 3 is 2.48 bits per heavy atom. The average molecular weight is 395 g/mol. The third-order valence-corrected chi connectivity index (χ3v) is 5.68. The molecule has 2 aliphatic heterocycles. The Kier molecular flexibility index (Phi) is 4.65. The van der Waals surface area contributed by atoms with Gasteiger partial charge in [0.25, 0.3) is 5.91 Å². The maximum atomic E-state index is 13.0. The standard InChI is InChI=1S/C20H21N5O4/c1-23-18(28)20(25(19(23)29)13-14-5-3-2-4-6-14)7-9-24(10-8-20)16-12-21-11-15(22-16)17(26)27/h2-6,11-12H,7-10,13H2,1H3,(H,26,27). The van der Waals surface area contributed by atoms with Crippen molar-refractivity contribution in [3.63, 3.8) is 0 Å². The van der Waals surface area contributed by atoms with Crippen LogP contribution >= 0.6 is 0 Å². The molecule has 3 amide bonds. The van der Waals surface area contributed by atoms with Crippen LogP contribution in [0.2, 0.25) is 0 Å². The van der Waals surface area contributed by atoms with E-state index in [1.165, 1.54) is 24.3 Å². The summed E-state index contributed by atoms with van der Waals surface area (Å²) in [6.07, 6.45) is 3.59. The fourth-order valence-electron chi connectivity index (χ4n) is 4.06. The van der Waals surface area contributed by atoms with E-state index in [1.807, 2.05) is 35.2 Å². The molecule has 1 spiro atoms. The molecule has 2 saturated heterocycles. The SMILES string of the molecule is CN1C(=O)N(Cc2ccccc2)C2(CCN(c3cncc(C(=O)O)n3)CC2)C1=O. The van der Waals surface area contributed by atoms with Gasteiger partial charge in [0.1, 0.15) is 11.4 Å². The molecule has 1 aromatic carbocycles. The van der Waals surface area contributed by atoms with Crippen LogP contribution in [0.4, 0.5) is 10.6 Å². The molecule has 2 aromatic rings. The molecule has 150 valence electrons. The molecular weight excluding hydrogens is 374 g/mol. The minimum Gasteiger partial charge on any atom is -0.476 e. The molecule has 0 radical (unpaired) electrons. The summed E-state index contributed by atoms with van der Waals surface area (Å²) in [6, 6.07) is 9.31. The van der Waals surface area contributed by atoms with E-state index in [4.69, 9.17) is 5.11 Å². The molecule has 1 aromatic heterocycles. The van der Waals surface area contributed by atoms with E-state index < -0.39 is 11.5 Å². The number of amides is 3. The van der Waals surface area contributed by atoms with Crippen molar-refractivity contribution in [3.8, 4) is 0 Å². The Hall–Kier alpha value is -3.49. The van der Waals surface area contributed by atoms with Gasteiger partial charge in [-0.2, -0.15) is 0 Å². The average Bonchev–Trinajstić information content (AvgIpc) is 2.91. The summed E-state index contributed by atoms with van der Waals surface area (Å²) in [5, 5.41) is 9.13. The van der Waals surface area contributed by atoms with Crippen LogP contribution < -0.4 is 4.90 Å². The molecule has 2 aliphatic rings. The van der Waals surface area contributed by atoms with Crippen LogP contribution in [0.5, 0.6) is 0 Å². The molecule has 2 fully saturated rings. The van der Waals surface area contributed by atoms with Gasteiger partial charge in [0.2, 0.25) is 0 Å². The zero-order valence-electron chi connectivity index (χ0n) is 16.0. The molecule has 0 unspecified atom stereocenters. The first-order chi connectivity index (χ1) is 13.9. The van der Waals surface area contributed by atoms with Crippen molar-refractivity contribution in [1.82, 2.24) is 19.8 Å². The van der Waals surface area contributed by atoms with Crippen LogP contribution in [0.25, 0.3) is 0 Å². The number of aromatic carboxylic acids is 1. The quantitative estimate of drug-likeness (QED) is 0.784. The molecule has 0 atom stereocenters. The lowest BCUT2D eigenvalue weighted by Gasteiger charge is -2.42. The number of hydrogen-bond donors (Lipinski definition) is 1. The van der Waals surface area contributed by atoms with Crippen molar-refractivity contribution in [2.24, 2.45) is 0 Å². The Morgan fingerprint density at radius 2 is 1.83 bits per heavy atom. The highest BCUT2D eigenvalue weighted by atomic mass is 16.4. The Balaban J connectivity index is 1.57. The van der Waals surface area contributed by atoms with E-state index in [2.05, 4.69) is 9.97 Å². The molecule has 0 bridgehead atoms. The normalized spacial score (nSPS) is 18.6. The first-order valence-electron chi connectivity index (χ1n) is 9.36. The Labute approximate surface area is 167 Å². The molecule has 9 heteroatoms. The minimum absolute atomic E-state index is 0.125. The van der Waals surface area contributed by atoms with Crippen molar-refractivity contribution in [1.29, 1.82) is 0 Å². The van der Waals surface area contributed by atoms with Gasteiger partial charge in [-0.15, -0.1) is 0 Å². The Morgan fingerprint density at radius 1 is 1.14 bits per heavy atom. The molecule has 0 aliphatic carbocycles. The molecule has 3 heterocycles. The predicted molar refractivity (Wildman–Crippen MR) is 103 cm³/mol. The van der Waals surface area contributed by atoms with Crippen molar-refractivity contribution in [3.05, 3.63) is 54.0 Å². The lowest BCUT2D eigenvalue weighted by Crippen LogP contribution is -2.56. The monoisotopic (exact) mass is 395 g/mol. The second-order valence-corrected chi connectivity index (χ2v) is 7.30. The molecule has 1 N–H and O–H groups in total. The summed E-state index contributed by atoms with van der Waals surface area (Å²) in [6.45, 7) is 1.30. The number of carboxylic acids is 1. The van der Waals surface area contributed by atoms with Crippen LogP contribution in [0.3, 0.4) is 0 Å². The summed E-state index contributed by atoms with van der Waals surface area (Å²) in [5.74, 6) is -0.872. The van der Waals surface area contributed by atoms with E-state index in [0.29, 0.717) is 38.3 Å². The predicted octanol–water partition coefficient (Wildman–Crippen LogP) is 1.61. The number of anilines is 1. The number of likely N-dealkylation sites (N-methyl/N-ethyl adjacent to an activating group) is 1. The van der Waals surface area contributed by atoms with Gasteiger partial charge in [0, 0.05) is 26.7 Å². The van der Waals surface area contributed by atoms with Gasteiger partial charge in [0.05, 0.1) is 12.4 Å². The van der Waals surface area contributed by atoms with Crippen molar-refractivity contribution in [2.75, 3.05) is 25.0 Å². The second-order valence-electron chi connectivity index (χ2n) is 7.30. The summed E-state index contributed by atoms with van der Waals surface area (Å²) >= 11 is 0. The zero-order chi connectivity index (χ0) is 20.6. The highest BCUT2D eigenvalue weighted by Crippen LogP contribution is 2.38. The summed E-state index contributed by atoms with van der Waals surface area (Å²) in [5.41, 5.74) is -0.0538. The molecule has 0 saturated carbocycles. The van der Waals surface area contributed by atoms with Gasteiger partial charge in [0.15, 0.2) is 5.69 Å². The van der Waals surface area contributed by atoms with Crippen molar-refractivity contribution >= 4 is 23.7 Å². The summed E-state index contributed by atoms with van der Waals surface area (Å²) < 4.78 is 0. The first kappa shape index (κ1) is 18.9. The van der Waals surface area contributed by atoms with E-state index in [9.17, 15) is 14.4 Å². The van der Waals surface area contributed by atoms with Gasteiger partial charge in [-0.1, -0.05) is 30.3 Å². The number of carbonyl (C=O) groups excluding carboxylic acids is 2. The maximum absolute atomic E-state index is 13.0. The van der Waals surface area contributed by atoms with Crippen LogP contribution in [-0.2, 0) is 11.3 Å². The highest BCUT2D eigenvalue weighted by molar-refractivity contribution is 6.06. The third-order valence-electron chi connectivity index (χ3n) is 5.68. The smallest absolute Gasteiger partial charge is 0.356 e. The lowest BCUT2D eigenvalue weighted by molar-refractivity contribution is -0.133. The van der Waals surface area contributed by atoms with Crippen molar-refractivity contribution < 1.29 is 19.5 Å². The van der Waals surface area contributed by atoms with Crippen LogP contribution in [-0.4, -0.2) is 68.5 Å². The van der Waals surface area contributed by atoms with E-state index >= 15 is 0 Å². The number of carbonyl (C=O) groups is 3. The summed E-state index contributed by atoms with van der Waals surface area (Å²) in [4.78, 5) is 49.8. The number of benzene rings is 1. The molecule has 4 rings (SSSR count). The number of carboxylic acid groups (broad SMARTS) is 1. The largest absolute Gasteiger partial charge is 0.476 e. The topological polar surface area (TPSA) is 107 Å². The zero-order valence-corrected chi connectivity index (χ0v) is 16.0. The minimum atomic E-state index is -1.14. The number of aromatic nitrogens is 2. The van der Waals surface area contributed by atoms with Crippen LogP contribution in [0.15, 0.2) is 42.7 Å². The lowest BCUT2D eigenvalue weighted by atomic mass is 9.85. The highest BCUT2D eigenvalue weighted by Gasteiger charge is 2.56. The molecule has 9 nitrogen and oxygen atoms in total. The van der Waals surface area contributed by atoms with E-state index in [0.717, 1.165) is 5.56 Å². The third kappa shape index (κ3) is 3.18. The van der Waals surface area contributed by atoms with Crippen LogP contribution in [0, 0.1) is 0 Å². The number of hydrogen-bond acceptors (Lipinski definition) is 6. The van der Waals surface area contributed by atoms with Gasteiger partial charge in [-0.05, 0) is 18.4 Å². The van der Waals surface area contributed by atoms with E-state index in [1.54, 1.807) is 4.90 Å². The Bertz CT molecular complexity index is 956. The van der Waals surface area contributed by atoms with Gasteiger partial charge < -0.3 is 14.9 Å². The second kappa shape index (κ2) is 7.16. The van der Waals surface area contributed by atoms with E-state index in [-0.39, 0.29) is 17.6 Å². The van der Waals surface area contributed by atoms with Gasteiger partial charge in [-0.3, -0.25) is 14.7 Å². The molecule has 29 heavy (non-hydrogen) atoms. The molecular formula is C20H21N5O4. The first-order valence-corrected chi connectivity index (χ1v) is 9.36. The van der Waals surface area contributed by atoms with Crippen LogP contribution in [0.1, 0.15) is 28.9 Å². The van der Waals surface area contributed by atoms with Gasteiger partial charge in [-0.25, -0.2) is 14.6 Å². The number of piperidine rings is 1. The van der Waals surface area contributed by atoms with Crippen molar-refractivity contribution in [2.45, 2.75) is 24.9 Å². The number of urea groups is 1. The number of nitrogens with zero attached hydrogens (tertiary/aromatic N) is 5.